The first-order valence-electron chi connectivity index (χ1n) is 11.8. The highest BCUT2D eigenvalue weighted by atomic mass is 35.5. The molecule has 2 N–H and O–H groups in total. The van der Waals surface area contributed by atoms with Gasteiger partial charge in [0.15, 0.2) is 11.5 Å². The van der Waals surface area contributed by atoms with Crippen LogP contribution in [0, 0.1) is 0 Å². The van der Waals surface area contributed by atoms with Crippen molar-refractivity contribution in [3.05, 3.63) is 93.1 Å². The van der Waals surface area contributed by atoms with Crippen LogP contribution in [0.3, 0.4) is 0 Å². The van der Waals surface area contributed by atoms with Crippen molar-refractivity contribution < 1.29 is 19.0 Å². The topological polar surface area (TPSA) is 112 Å². The fraction of sp³-hybridized carbons (Fsp3) is 0.185. The van der Waals surface area contributed by atoms with E-state index in [4.69, 9.17) is 37.4 Å². The second kappa shape index (κ2) is 11.2. The first-order valence-corrected chi connectivity index (χ1v) is 12.6. The molecule has 1 aromatic heterocycles. The number of halogens is 2. The summed E-state index contributed by atoms with van der Waals surface area (Å²) in [6, 6.07) is 17.2. The van der Waals surface area contributed by atoms with Crippen molar-refractivity contribution in [1.29, 1.82) is 0 Å². The smallest absolute Gasteiger partial charge is 0.255 e. The quantitative estimate of drug-likeness (QED) is 0.287. The number of aromatic nitrogens is 4. The number of para-hydroxylation sites is 2. The highest BCUT2D eigenvalue weighted by Gasteiger charge is 2.35. The number of anilines is 2. The molecule has 1 unspecified atom stereocenters. The molecule has 0 spiro atoms. The molecule has 5 rings (SSSR count). The predicted octanol–water partition coefficient (Wildman–Crippen LogP) is 5.50. The maximum atomic E-state index is 13.7. The van der Waals surface area contributed by atoms with Gasteiger partial charge in [-0.25, -0.2) is 0 Å². The van der Waals surface area contributed by atoms with Crippen LogP contribution < -0.4 is 24.8 Å². The number of rotatable bonds is 8. The molecule has 0 radical (unpaired) electrons. The van der Waals surface area contributed by atoms with Crippen molar-refractivity contribution >= 4 is 40.7 Å². The van der Waals surface area contributed by atoms with Crippen molar-refractivity contribution in [2.45, 2.75) is 19.6 Å². The fourth-order valence-electron chi connectivity index (χ4n) is 4.35. The number of nitrogens with zero attached hydrogens (tertiary/aromatic N) is 4. The minimum Gasteiger partial charge on any atom is -0.495 e. The summed E-state index contributed by atoms with van der Waals surface area (Å²) >= 11 is 12.6. The van der Waals surface area contributed by atoms with E-state index >= 15 is 0 Å². The zero-order valence-corrected chi connectivity index (χ0v) is 22.7. The molecule has 1 amide bonds. The van der Waals surface area contributed by atoms with Gasteiger partial charge in [0.1, 0.15) is 18.4 Å². The first kappa shape index (κ1) is 26.3. The summed E-state index contributed by atoms with van der Waals surface area (Å²) in [5.41, 5.74) is 2.92. The van der Waals surface area contributed by atoms with Crippen molar-refractivity contribution in [3.63, 3.8) is 0 Å². The predicted molar refractivity (Wildman–Crippen MR) is 148 cm³/mol. The number of fused-ring (bicyclic) bond motifs is 1. The molecule has 10 nitrogen and oxygen atoms in total. The van der Waals surface area contributed by atoms with Crippen LogP contribution in [0.5, 0.6) is 17.2 Å². The number of ether oxygens (including phenoxy) is 3. The Balaban J connectivity index is 1.49. The Morgan fingerprint density at radius 3 is 2.49 bits per heavy atom. The standard InChI is InChI=1S/C27H24Cl2N6O4/c1-15-24(26(36)31-20-9-4-5-10-21(20)37-2)25(35-27(30-15)32-33-34-35)16-11-12-22(23(13-16)38-3)39-14-17-18(28)7-6-8-19(17)29/h4-13,25H,14H2,1-3H3,(H,31,36)(H,30,32,34). The van der Waals surface area contributed by atoms with Crippen LogP contribution in [0.25, 0.3) is 0 Å². The third-order valence-corrected chi connectivity index (χ3v) is 6.96. The molecule has 1 aliphatic heterocycles. The van der Waals surface area contributed by atoms with Gasteiger partial charge in [0.25, 0.3) is 5.91 Å². The van der Waals surface area contributed by atoms with E-state index in [9.17, 15) is 4.79 Å². The van der Waals surface area contributed by atoms with Gasteiger partial charge in [-0.3, -0.25) is 4.79 Å². The Hall–Kier alpha value is -4.28. The first-order chi connectivity index (χ1) is 18.9. The molecule has 39 heavy (non-hydrogen) atoms. The molecule has 12 heteroatoms. The van der Waals surface area contributed by atoms with E-state index < -0.39 is 6.04 Å². The molecule has 0 fully saturated rings. The summed E-state index contributed by atoms with van der Waals surface area (Å²) < 4.78 is 18.6. The van der Waals surface area contributed by atoms with Crippen molar-refractivity contribution in [1.82, 2.24) is 20.2 Å². The van der Waals surface area contributed by atoms with Crippen molar-refractivity contribution in [2.24, 2.45) is 0 Å². The lowest BCUT2D eigenvalue weighted by Crippen LogP contribution is -2.31. The minimum absolute atomic E-state index is 0.143. The average molecular weight is 567 g/mol. The van der Waals surface area contributed by atoms with Gasteiger partial charge in [0.05, 0.1) is 25.5 Å². The Labute approximate surface area is 234 Å². The van der Waals surface area contributed by atoms with Gasteiger partial charge < -0.3 is 24.8 Å². The van der Waals surface area contributed by atoms with Crippen LogP contribution in [0.15, 0.2) is 71.9 Å². The number of nitrogens with one attached hydrogen (secondary N) is 2. The molecular weight excluding hydrogens is 543 g/mol. The number of carbonyl (C=O) groups is 1. The lowest BCUT2D eigenvalue weighted by atomic mass is 9.94. The van der Waals surface area contributed by atoms with Gasteiger partial charge in [-0.05, 0) is 59.3 Å². The maximum absolute atomic E-state index is 13.7. The van der Waals surface area contributed by atoms with E-state index in [0.29, 0.717) is 61.3 Å². The van der Waals surface area contributed by atoms with Crippen LogP contribution >= 0.6 is 23.2 Å². The third-order valence-electron chi connectivity index (χ3n) is 6.25. The molecule has 0 saturated heterocycles. The molecule has 1 aliphatic rings. The van der Waals surface area contributed by atoms with Crippen LogP contribution in [0.4, 0.5) is 11.6 Å². The Kier molecular flexibility index (Phi) is 7.58. The van der Waals surface area contributed by atoms with E-state index in [-0.39, 0.29) is 12.5 Å². The van der Waals surface area contributed by atoms with Crippen LogP contribution in [0.2, 0.25) is 10.0 Å². The van der Waals surface area contributed by atoms with Gasteiger partial charge >= 0.3 is 0 Å². The van der Waals surface area contributed by atoms with E-state index in [0.717, 1.165) is 0 Å². The van der Waals surface area contributed by atoms with Crippen LogP contribution in [-0.2, 0) is 11.4 Å². The van der Waals surface area contributed by atoms with Gasteiger partial charge in [0, 0.05) is 21.3 Å². The van der Waals surface area contributed by atoms with Gasteiger partial charge in [0.2, 0.25) is 5.95 Å². The Morgan fingerprint density at radius 2 is 1.74 bits per heavy atom. The molecule has 200 valence electrons. The summed E-state index contributed by atoms with van der Waals surface area (Å²) in [6.07, 6.45) is 0. The number of carbonyl (C=O) groups excluding carboxylic acids is 1. The lowest BCUT2D eigenvalue weighted by molar-refractivity contribution is -0.113. The molecular formula is C27H24Cl2N6O4. The minimum atomic E-state index is -0.660. The zero-order chi connectivity index (χ0) is 27.5. The lowest BCUT2D eigenvalue weighted by Gasteiger charge is -2.28. The largest absolute Gasteiger partial charge is 0.495 e. The number of allylic oxidation sites excluding steroid dienone is 1. The third kappa shape index (κ3) is 5.21. The summed E-state index contributed by atoms with van der Waals surface area (Å²) in [5, 5.41) is 19.1. The summed E-state index contributed by atoms with van der Waals surface area (Å²) in [6.45, 7) is 1.94. The van der Waals surface area contributed by atoms with Crippen molar-refractivity contribution in [3.8, 4) is 17.2 Å². The number of tetrazole rings is 1. The summed E-state index contributed by atoms with van der Waals surface area (Å²) in [7, 11) is 3.08. The highest BCUT2D eigenvalue weighted by molar-refractivity contribution is 6.35. The number of hydrogen-bond donors (Lipinski definition) is 2. The van der Waals surface area contributed by atoms with E-state index in [2.05, 4.69) is 26.2 Å². The van der Waals surface area contributed by atoms with E-state index in [1.165, 1.54) is 7.11 Å². The molecule has 0 bridgehead atoms. The van der Waals surface area contributed by atoms with Crippen molar-refractivity contribution in [2.75, 3.05) is 24.9 Å². The van der Waals surface area contributed by atoms with Gasteiger partial charge in [-0.2, -0.15) is 4.68 Å². The SMILES string of the molecule is COc1ccccc1NC(=O)C1=C(C)Nc2nnnn2C1c1ccc(OCc2c(Cl)cccc2Cl)c(OC)c1. The summed E-state index contributed by atoms with van der Waals surface area (Å²) in [4.78, 5) is 13.7. The zero-order valence-electron chi connectivity index (χ0n) is 21.2. The molecule has 0 saturated carbocycles. The normalized spacial score (nSPS) is 14.3. The molecule has 2 heterocycles. The monoisotopic (exact) mass is 566 g/mol. The van der Waals surface area contributed by atoms with Gasteiger partial charge in [-0.15, -0.1) is 0 Å². The molecule has 4 aromatic rings. The summed E-state index contributed by atoms with van der Waals surface area (Å²) in [5.74, 6) is 1.52. The number of amides is 1. The second-order valence-electron chi connectivity index (χ2n) is 8.57. The van der Waals surface area contributed by atoms with E-state index in [1.54, 1.807) is 61.2 Å². The maximum Gasteiger partial charge on any atom is 0.255 e. The van der Waals surface area contributed by atoms with Gasteiger partial charge in [-0.1, -0.05) is 52.6 Å². The number of hydrogen-bond acceptors (Lipinski definition) is 8. The van der Waals surface area contributed by atoms with Crippen LogP contribution in [0.1, 0.15) is 24.1 Å². The Morgan fingerprint density at radius 1 is 1.00 bits per heavy atom. The highest BCUT2D eigenvalue weighted by Crippen LogP contribution is 2.39. The number of benzene rings is 3. The number of methoxy groups -OCH3 is 2. The fourth-order valence-corrected chi connectivity index (χ4v) is 4.85. The van der Waals surface area contributed by atoms with E-state index in [1.807, 2.05) is 18.2 Å². The molecule has 0 aliphatic carbocycles. The second-order valence-corrected chi connectivity index (χ2v) is 9.38. The molecule has 3 aromatic carbocycles. The Bertz CT molecular complexity index is 1550. The van der Waals surface area contributed by atoms with Crippen LogP contribution in [-0.4, -0.2) is 40.3 Å². The molecule has 1 atom stereocenters. The average Bonchev–Trinajstić information content (AvgIpc) is 3.40.